The van der Waals surface area contributed by atoms with Crippen molar-refractivity contribution in [2.45, 2.75) is 203 Å². The molecule has 10 N–H and O–H groups in total. The van der Waals surface area contributed by atoms with Crippen molar-refractivity contribution in [1.82, 2.24) is 9.55 Å². The van der Waals surface area contributed by atoms with E-state index in [4.69, 9.17) is 45.7 Å². The van der Waals surface area contributed by atoms with Crippen LogP contribution in [-0.2, 0) is 44.4 Å². The highest BCUT2D eigenvalue weighted by atomic mass is 79.9. The lowest BCUT2D eigenvalue weighted by Crippen LogP contribution is -2.23. The van der Waals surface area contributed by atoms with E-state index in [1.807, 2.05) is 108 Å². The second kappa shape index (κ2) is 58.9. The summed E-state index contributed by atoms with van der Waals surface area (Å²) in [6.07, 6.45) is 6.56. The summed E-state index contributed by atoms with van der Waals surface area (Å²) >= 11 is 6.20. The molecule has 0 amide bonds. The van der Waals surface area contributed by atoms with Crippen LogP contribution in [0, 0.1) is 0 Å². The Morgan fingerprint density at radius 2 is 0.513 bits per heavy atom. The van der Waals surface area contributed by atoms with Gasteiger partial charge in [-0.25, -0.2) is 4.98 Å². The summed E-state index contributed by atoms with van der Waals surface area (Å²) in [5, 5.41) is 54.5. The minimum absolute atomic E-state index is 0.0322. The third kappa shape index (κ3) is 43.0. The van der Waals surface area contributed by atoms with E-state index in [2.05, 4.69) is 406 Å². The maximum atomic E-state index is 9.46. The molecule has 16 aromatic rings. The van der Waals surface area contributed by atoms with Crippen LogP contribution in [0.25, 0.3) is 77.9 Å². The molecule has 150 heavy (non-hydrogen) atoms. The molecule has 0 aliphatic carbocycles. The smallest absolute Gasteiger partial charge is 0.186 e. The first kappa shape index (κ1) is 121. The number of aliphatic imine (C=N–C) groups is 1. The van der Waals surface area contributed by atoms with Gasteiger partial charge in [-0.05, 0) is 264 Å². The molecule has 15 aromatic carbocycles. The van der Waals surface area contributed by atoms with E-state index in [1.165, 1.54) is 72.3 Å². The van der Waals surface area contributed by atoms with Crippen LogP contribution in [0.4, 0.5) is 0 Å². The third-order valence-corrected chi connectivity index (χ3v) is 24.9. The first-order valence-corrected chi connectivity index (χ1v) is 53.2. The van der Waals surface area contributed by atoms with E-state index in [1.54, 1.807) is 67.1 Å². The molecule has 0 fully saturated rings. The van der Waals surface area contributed by atoms with Crippen LogP contribution < -0.4 is 30.4 Å². The number of hydrogen-bond donors (Lipinski definition) is 8. The highest BCUT2D eigenvalue weighted by Gasteiger charge is 2.21. The molecule has 0 aliphatic heterocycles. The predicted molar refractivity (Wildman–Crippen MR) is 638 cm³/mol. The Bertz CT molecular complexity index is 6320. The average Bonchev–Trinajstić information content (AvgIpc) is 0.872. The van der Waals surface area contributed by atoms with E-state index in [0.29, 0.717) is 54.7 Å². The molecule has 0 saturated carbocycles. The molecule has 15 nitrogen and oxygen atoms in total. The van der Waals surface area contributed by atoms with Gasteiger partial charge in [-0.15, -0.1) is 0 Å². The van der Waals surface area contributed by atoms with Crippen molar-refractivity contribution in [1.29, 1.82) is 0 Å². The van der Waals surface area contributed by atoms with Crippen LogP contribution in [0.15, 0.2) is 392 Å². The Balaban J connectivity index is 0.000000210. The molecule has 790 valence electrons. The van der Waals surface area contributed by atoms with Gasteiger partial charge in [0.15, 0.2) is 5.96 Å². The third-order valence-electron chi connectivity index (χ3n) is 24.0. The largest absolute Gasteiger partial charge is 0.508 e. The van der Waals surface area contributed by atoms with Crippen LogP contribution in [0.1, 0.15) is 198 Å². The molecule has 0 saturated heterocycles. The number of ether oxygens (including phenoxy) is 4. The number of hydrogen-bond acceptors (Lipinski definition) is 12. The zero-order valence-corrected chi connectivity index (χ0v) is 95.2. The van der Waals surface area contributed by atoms with Gasteiger partial charge in [0.2, 0.25) is 0 Å². The minimum Gasteiger partial charge on any atom is -0.508 e. The highest BCUT2D eigenvalue weighted by Crippen LogP contribution is 2.37. The van der Waals surface area contributed by atoms with E-state index in [0.717, 1.165) is 91.6 Å². The summed E-state index contributed by atoms with van der Waals surface area (Å²) in [4.78, 5) is 7.93. The normalized spacial score (nSPS) is 11.2. The van der Waals surface area contributed by atoms with Gasteiger partial charge < -0.3 is 65.6 Å². The fraction of sp³-hybridized carbons (Fsp3) is 0.293. The van der Waals surface area contributed by atoms with E-state index in [9.17, 15) is 15.3 Å². The fourth-order valence-electron chi connectivity index (χ4n) is 15.1. The van der Waals surface area contributed by atoms with Gasteiger partial charge in [0, 0.05) is 22.2 Å². The van der Waals surface area contributed by atoms with Gasteiger partial charge >= 0.3 is 0 Å². The zero-order chi connectivity index (χ0) is 110. The van der Waals surface area contributed by atoms with Crippen molar-refractivity contribution in [3.63, 3.8) is 0 Å². The number of phenolic OH excluding ortho intramolecular Hbond substituents is 4. The maximum absolute atomic E-state index is 9.46. The van der Waals surface area contributed by atoms with E-state index < -0.39 is 0 Å². The number of phenols is 4. The summed E-state index contributed by atoms with van der Waals surface area (Å²) in [7, 11) is 0. The lowest BCUT2D eigenvalue weighted by Gasteiger charge is -2.19. The molecule has 1 aromatic heterocycles. The number of nitrogens with two attached hydrogens (primary N) is 2. The van der Waals surface area contributed by atoms with Crippen LogP contribution in [0.3, 0.4) is 0 Å². The van der Waals surface area contributed by atoms with Crippen molar-refractivity contribution < 1.29 is 49.6 Å². The topological polar surface area (TPSA) is 241 Å². The quantitative estimate of drug-likeness (QED) is 0.0136. The van der Waals surface area contributed by atoms with Crippen LogP contribution in [-0.4, -0.2) is 97.7 Å². The SMILES string of the molecule is CC(C)(C)c1ccc(-c2cccc(O)c2)cc1.CC(C)(C)c1ccc(-c2cccc(O)c2)cc1.CC(C)(C)c1ccc(-c2cccc(O)c2)cc1.CC(C)(C)c1ccc(-c2cccc(OCCN=C(N)N)c2)cc1.CC(C)(C)c1ccc(-c2cccc(OCCO)c2)cc1.CC(C)(C)c1ccc(-c2cccc(OCCn3ccnc3)c2)cc1.CCCOc1cccc(-c2ccc(C(C)(C)C)cc2)c1.OCCBr.Oc1cccc(Br)c1. The average molecular weight is 2150 g/mol. The van der Waals surface area contributed by atoms with Crippen LogP contribution in [0.5, 0.6) is 46.0 Å². The summed E-state index contributed by atoms with van der Waals surface area (Å²) in [5.74, 6) is 4.74. The van der Waals surface area contributed by atoms with Crippen molar-refractivity contribution in [3.8, 4) is 124 Å². The number of halogens is 2. The Morgan fingerprint density at radius 3 is 0.713 bits per heavy atom. The second-order valence-electron chi connectivity index (χ2n) is 43.7. The summed E-state index contributed by atoms with van der Waals surface area (Å²) in [6, 6.07) is 122. The molecule has 0 bridgehead atoms. The molecule has 0 unspecified atom stereocenters. The molecule has 17 heteroatoms. The van der Waals surface area contributed by atoms with Gasteiger partial charge in [-0.2, -0.15) is 0 Å². The number of aliphatic hydroxyl groups is 2. The number of benzene rings is 15. The van der Waals surface area contributed by atoms with Gasteiger partial charge in [0.05, 0.1) is 39.2 Å². The fourth-order valence-corrected chi connectivity index (χ4v) is 15.5. The highest BCUT2D eigenvalue weighted by molar-refractivity contribution is 9.10. The number of aliphatic hydroxyl groups excluding tert-OH is 2. The standard InChI is InChI=1S/C21H24N2O.C19H25N3O.C19H24O.C18H22O2.3C16H18O.C6H5BrO.C2H5BrO/c1-21(2,3)19-9-7-17(8-10-19)18-5-4-6-20(15-18)24-14-13-23-12-11-22-16-23;1-19(2,3)16-9-7-14(8-10-16)15-5-4-6-17(13-15)23-12-11-22-18(20)21;1-5-13-20-18-8-6-7-16(14-18)15-9-11-17(12-10-15)19(2,3)4;1-18(2,3)16-9-7-14(8-10-16)15-5-4-6-17(13-15)20-12-11-19;3*1-16(2,3)14-9-7-12(8-10-14)13-5-4-6-15(17)11-13;7-5-2-1-3-6(8)4-5;3-1-2-4/h4-12,15-16H,13-14H2,1-3H3;4-10,13H,11-12H2,1-3H3,(H4,20,21,22);6-12,14H,5,13H2,1-4H3;4-10,13,19H,11-12H2,1-3H3;3*4-11,17H,1-3H3;1-4,8H;4H,1-2H2. The monoisotopic (exact) mass is 2140 g/mol. The zero-order valence-electron chi connectivity index (χ0n) is 92.0. The molecular formula is C133H159Br2N5O10. The maximum Gasteiger partial charge on any atom is 0.186 e. The summed E-state index contributed by atoms with van der Waals surface area (Å²) in [6.45, 7) is 52.3. The lowest BCUT2D eigenvalue weighted by molar-refractivity contribution is 0.201. The molecular weight excluding hydrogens is 1990 g/mol. The Kier molecular flexibility index (Phi) is 47.6. The van der Waals surface area contributed by atoms with Crippen molar-refractivity contribution in [2.75, 3.05) is 51.5 Å². The Morgan fingerprint density at radius 1 is 0.287 bits per heavy atom. The van der Waals surface area contributed by atoms with E-state index >= 15 is 0 Å². The molecule has 0 spiro atoms. The Hall–Kier alpha value is -13.9. The molecule has 1 heterocycles. The molecule has 16 rings (SSSR count). The first-order chi connectivity index (χ1) is 71.0. The number of alkyl halides is 1. The van der Waals surface area contributed by atoms with Gasteiger partial charge in [-0.3, -0.25) is 4.99 Å². The lowest BCUT2D eigenvalue weighted by atomic mass is 9.86. The summed E-state index contributed by atoms with van der Waals surface area (Å²) in [5.41, 5.74) is 37.1. The van der Waals surface area contributed by atoms with Gasteiger partial charge in [-0.1, -0.05) is 445 Å². The van der Waals surface area contributed by atoms with Crippen LogP contribution in [0.2, 0.25) is 0 Å². The summed E-state index contributed by atoms with van der Waals surface area (Å²) < 4.78 is 25.6. The molecule has 0 radical (unpaired) electrons. The number of imidazole rings is 1. The van der Waals surface area contributed by atoms with Crippen molar-refractivity contribution in [3.05, 3.63) is 426 Å². The molecule has 0 aliphatic rings. The second-order valence-corrected chi connectivity index (χ2v) is 45.4. The van der Waals surface area contributed by atoms with Gasteiger partial charge in [0.1, 0.15) is 65.8 Å². The number of aromatic nitrogens is 2. The van der Waals surface area contributed by atoms with Gasteiger partial charge in [0.25, 0.3) is 0 Å². The molecule has 0 atom stereocenters. The minimum atomic E-state index is 0.0322. The number of rotatable bonds is 22. The predicted octanol–water partition coefficient (Wildman–Crippen LogP) is 33.3. The number of nitrogens with zero attached hydrogens (tertiary/aromatic N) is 3. The Labute approximate surface area is 911 Å². The van der Waals surface area contributed by atoms with Crippen LogP contribution >= 0.6 is 31.9 Å². The first-order valence-electron chi connectivity index (χ1n) is 51.3. The number of aromatic hydroxyl groups is 4. The number of guanidine groups is 1. The van der Waals surface area contributed by atoms with E-state index in [-0.39, 0.29) is 57.1 Å². The van der Waals surface area contributed by atoms with Crippen molar-refractivity contribution >= 4 is 37.8 Å². The van der Waals surface area contributed by atoms with Crippen molar-refractivity contribution in [2.24, 2.45) is 16.5 Å².